The van der Waals surface area contributed by atoms with Crippen molar-refractivity contribution in [2.75, 3.05) is 7.11 Å². The fraction of sp³-hybridized carbons (Fsp3) is 0.510. The number of carboxylic acid groups (broad SMARTS) is 1. The average molecular weight is 889 g/mol. The number of nitrogens with one attached hydrogen (secondary N) is 4. The minimum absolute atomic E-state index is 0.0332. The third-order valence-corrected chi connectivity index (χ3v) is 14.4. The third kappa shape index (κ3) is 8.25. The minimum Gasteiger partial charge on any atom is -0.488 e. The molecule has 3 saturated heterocycles. The number of hydrogen-bond acceptors (Lipinski definition) is 9. The van der Waals surface area contributed by atoms with Crippen LogP contribution in [0.5, 0.6) is 5.75 Å². The van der Waals surface area contributed by atoms with Crippen molar-refractivity contribution < 1.29 is 38.5 Å². The van der Waals surface area contributed by atoms with Gasteiger partial charge in [0.05, 0.1) is 54.3 Å². The van der Waals surface area contributed by atoms with Crippen LogP contribution in [-0.2, 0) is 25.7 Å². The number of hydrogen-bond donors (Lipinski definition) is 5. The molecule has 4 aliphatic heterocycles. The summed E-state index contributed by atoms with van der Waals surface area (Å²) in [5.41, 5.74) is 6.50. The van der Waals surface area contributed by atoms with Gasteiger partial charge in [-0.15, -0.1) is 0 Å². The summed E-state index contributed by atoms with van der Waals surface area (Å²) in [7, 11) is 1.31. The molecule has 344 valence electrons. The van der Waals surface area contributed by atoms with Gasteiger partial charge in [0.25, 0.3) is 0 Å². The molecular formula is C49H60N8O8. The highest BCUT2D eigenvalue weighted by Gasteiger charge is 2.45. The maximum Gasteiger partial charge on any atom is 0.407 e. The summed E-state index contributed by atoms with van der Waals surface area (Å²) < 4.78 is 17.4. The zero-order chi connectivity index (χ0) is 45.8. The second kappa shape index (κ2) is 17.7. The van der Waals surface area contributed by atoms with Crippen LogP contribution in [0.3, 0.4) is 0 Å². The van der Waals surface area contributed by atoms with Crippen LogP contribution in [0.15, 0.2) is 48.7 Å². The number of amides is 4. The molecule has 3 fully saturated rings. The number of imidazole rings is 2. The van der Waals surface area contributed by atoms with Crippen molar-refractivity contribution in [3.63, 3.8) is 0 Å². The number of H-pyrrole nitrogens is 2. The highest BCUT2D eigenvalue weighted by Crippen LogP contribution is 2.44. The summed E-state index contributed by atoms with van der Waals surface area (Å²) in [6, 6.07) is 12.3. The standard InChI is InChI=1S/C49H60N8O8/c1-8-24(2)41(54-48(60)61)46(58)57-26(4)10-16-39(57)45-51-36-14-12-29-20-35-33-13-11-30(19-32(33)23-64-40(35)21-34(29)43(36)53-45)37-22-50-44(52-37)38-15-9-25(3)56(38)47(59)42(55-49(62)63-7)31-17-27(5)65-28(6)18-31/h11-14,19-22,24-28,31,38-39,41-42,54H,8-10,15-18,23H2,1-7H3,(H,50,52)(H,51,53)(H,55,62)(H,60,61)/t24?,25-,26-,27+,28+,38-,39-,41?,42?/m0/s1. The average Bonchev–Trinajstić information content (AvgIpc) is 4.11. The van der Waals surface area contributed by atoms with Crippen molar-refractivity contribution in [3.8, 4) is 28.1 Å². The Hall–Kier alpha value is -6.16. The molecule has 4 aliphatic rings. The fourth-order valence-electron chi connectivity index (χ4n) is 11.0. The molecule has 6 heterocycles. The van der Waals surface area contributed by atoms with E-state index in [1.54, 1.807) is 0 Å². The van der Waals surface area contributed by atoms with E-state index in [0.717, 1.165) is 74.8 Å². The molecule has 65 heavy (non-hydrogen) atoms. The topological polar surface area (TPSA) is 204 Å². The monoisotopic (exact) mass is 888 g/mol. The largest absolute Gasteiger partial charge is 0.488 e. The van der Waals surface area contributed by atoms with Crippen molar-refractivity contribution in [3.05, 3.63) is 65.9 Å². The Kier molecular flexibility index (Phi) is 12.0. The first-order valence-corrected chi connectivity index (χ1v) is 23.1. The normalized spacial score (nSPS) is 25.4. The quantitative estimate of drug-likeness (QED) is 0.0906. The molecule has 0 spiro atoms. The van der Waals surface area contributed by atoms with Gasteiger partial charge < -0.3 is 49.7 Å². The van der Waals surface area contributed by atoms with Crippen molar-refractivity contribution in [2.45, 2.75) is 142 Å². The van der Waals surface area contributed by atoms with E-state index in [4.69, 9.17) is 24.2 Å². The number of aromatic amines is 2. The molecule has 3 aromatic carbocycles. The van der Waals surface area contributed by atoms with E-state index in [1.807, 2.05) is 63.6 Å². The van der Waals surface area contributed by atoms with Crippen LogP contribution in [0.1, 0.15) is 116 Å². The highest BCUT2D eigenvalue weighted by atomic mass is 16.5. The molecule has 9 rings (SSSR count). The number of rotatable bonds is 10. The first-order chi connectivity index (χ1) is 31.2. The Morgan fingerprint density at radius 1 is 0.877 bits per heavy atom. The SMILES string of the molecule is CCC(C)C(NC(=O)O)C(=O)N1[C@@H](C)CC[C@H]1c1nc2c(ccc3cc4c(cc32)OCc2cc(-c3cnc([C@@H]5CC[C@H](C)N5C(=O)C(NC(=O)OC)C5C[C@@H](C)O[C@H](C)C5)[nH]3)ccc2-4)[nH]1. The molecular weight excluding hydrogens is 829 g/mol. The summed E-state index contributed by atoms with van der Waals surface area (Å²) in [6.45, 7) is 12.3. The maximum atomic E-state index is 14.5. The number of carbonyl (C=O) groups is 4. The van der Waals surface area contributed by atoms with Crippen LogP contribution in [-0.4, -0.2) is 102 Å². The number of aromatic nitrogens is 4. The molecule has 0 aliphatic carbocycles. The number of fused-ring (bicyclic) bond motifs is 6. The van der Waals surface area contributed by atoms with Crippen molar-refractivity contribution in [1.29, 1.82) is 0 Å². The third-order valence-electron chi connectivity index (χ3n) is 14.4. The number of likely N-dealkylation sites (tertiary alicyclic amines) is 2. The lowest BCUT2D eigenvalue weighted by Crippen LogP contribution is -2.55. The maximum absolute atomic E-state index is 14.5. The lowest BCUT2D eigenvalue weighted by atomic mass is 9.85. The summed E-state index contributed by atoms with van der Waals surface area (Å²) in [6.07, 6.45) is 4.92. The van der Waals surface area contributed by atoms with E-state index in [2.05, 4.69) is 57.0 Å². The van der Waals surface area contributed by atoms with E-state index in [-0.39, 0.29) is 60.0 Å². The van der Waals surface area contributed by atoms with Crippen molar-refractivity contribution >= 4 is 45.8 Å². The van der Waals surface area contributed by atoms with Crippen LogP contribution in [0.4, 0.5) is 9.59 Å². The first kappa shape index (κ1) is 44.1. The molecule has 2 aromatic heterocycles. The van der Waals surface area contributed by atoms with Crippen LogP contribution in [0.2, 0.25) is 0 Å². The molecule has 3 unspecified atom stereocenters. The van der Waals surface area contributed by atoms with Gasteiger partial charge in [-0.1, -0.05) is 38.5 Å². The highest BCUT2D eigenvalue weighted by molar-refractivity contribution is 6.07. The summed E-state index contributed by atoms with van der Waals surface area (Å²) in [5.74, 6) is 1.51. The lowest BCUT2D eigenvalue weighted by molar-refractivity contribution is -0.140. The van der Waals surface area contributed by atoms with Gasteiger partial charge >= 0.3 is 12.2 Å². The summed E-state index contributed by atoms with van der Waals surface area (Å²) in [5, 5.41) is 16.9. The number of ether oxygens (including phenoxy) is 3. The van der Waals surface area contributed by atoms with Crippen LogP contribution < -0.4 is 15.4 Å². The molecule has 16 nitrogen and oxygen atoms in total. The van der Waals surface area contributed by atoms with Crippen LogP contribution in [0, 0.1) is 11.8 Å². The van der Waals surface area contributed by atoms with Gasteiger partial charge in [0.2, 0.25) is 11.8 Å². The number of nitrogens with zero attached hydrogens (tertiary/aromatic N) is 4. The lowest BCUT2D eigenvalue weighted by Gasteiger charge is -2.39. The van der Waals surface area contributed by atoms with E-state index >= 15 is 0 Å². The molecule has 0 radical (unpaired) electrons. The van der Waals surface area contributed by atoms with Crippen molar-refractivity contribution in [1.82, 2.24) is 40.4 Å². The first-order valence-electron chi connectivity index (χ1n) is 23.1. The molecule has 0 bridgehead atoms. The van der Waals surface area contributed by atoms with Gasteiger partial charge in [-0.25, -0.2) is 19.6 Å². The van der Waals surface area contributed by atoms with Gasteiger partial charge in [-0.05, 0) is 124 Å². The summed E-state index contributed by atoms with van der Waals surface area (Å²) in [4.78, 5) is 73.4. The smallest absolute Gasteiger partial charge is 0.407 e. The van der Waals surface area contributed by atoms with Crippen LogP contribution in [0.25, 0.3) is 44.2 Å². The minimum atomic E-state index is -1.21. The Bertz CT molecular complexity index is 2630. The predicted molar refractivity (Wildman–Crippen MR) is 244 cm³/mol. The number of alkyl carbamates (subject to hydrolysis) is 1. The fourth-order valence-corrected chi connectivity index (χ4v) is 11.0. The zero-order valence-electron chi connectivity index (χ0n) is 38.1. The van der Waals surface area contributed by atoms with Gasteiger partial charge in [0, 0.05) is 23.0 Å². The van der Waals surface area contributed by atoms with Gasteiger partial charge in [0.15, 0.2) is 0 Å². The number of methoxy groups -OCH3 is 1. The van der Waals surface area contributed by atoms with E-state index in [0.29, 0.717) is 43.9 Å². The van der Waals surface area contributed by atoms with Crippen LogP contribution >= 0.6 is 0 Å². The van der Waals surface area contributed by atoms with Gasteiger partial charge in [-0.3, -0.25) is 9.59 Å². The van der Waals surface area contributed by atoms with Crippen molar-refractivity contribution in [2.24, 2.45) is 11.8 Å². The van der Waals surface area contributed by atoms with Gasteiger partial charge in [-0.2, -0.15) is 0 Å². The van der Waals surface area contributed by atoms with E-state index < -0.39 is 24.3 Å². The Labute approximate surface area is 378 Å². The Morgan fingerprint density at radius 3 is 2.28 bits per heavy atom. The second-order valence-corrected chi connectivity index (χ2v) is 18.8. The second-order valence-electron chi connectivity index (χ2n) is 18.8. The number of carbonyl (C=O) groups excluding carboxylic acids is 3. The Morgan fingerprint density at radius 2 is 1.58 bits per heavy atom. The molecule has 4 amide bonds. The molecule has 16 heteroatoms. The zero-order valence-corrected chi connectivity index (χ0v) is 38.1. The molecule has 5 N–H and O–H groups in total. The molecule has 9 atom stereocenters. The molecule has 5 aromatic rings. The van der Waals surface area contributed by atoms with E-state index in [9.17, 15) is 24.3 Å². The predicted octanol–water partition coefficient (Wildman–Crippen LogP) is 8.38. The Balaban J connectivity index is 0.961. The van der Waals surface area contributed by atoms with Gasteiger partial charge in [0.1, 0.15) is 36.1 Å². The molecule has 0 saturated carbocycles. The summed E-state index contributed by atoms with van der Waals surface area (Å²) >= 11 is 0. The van der Waals surface area contributed by atoms with E-state index in [1.165, 1.54) is 7.11 Å². The number of benzene rings is 3.